The number of aromatic nitrogens is 2. The predicted octanol–water partition coefficient (Wildman–Crippen LogP) is 2.82. The minimum Gasteiger partial charge on any atom is -0.358 e. The molecule has 6 heteroatoms. The van der Waals surface area contributed by atoms with Crippen molar-refractivity contribution in [3.63, 3.8) is 0 Å². The summed E-state index contributed by atoms with van der Waals surface area (Å²) in [7, 11) is 0. The Bertz CT molecular complexity index is 847. The molecule has 0 radical (unpaired) electrons. The quantitative estimate of drug-likeness (QED) is 0.798. The van der Waals surface area contributed by atoms with E-state index < -0.39 is 0 Å². The lowest BCUT2D eigenvalue weighted by molar-refractivity contribution is -0.130. The zero-order chi connectivity index (χ0) is 16.5. The number of hydrogen-bond acceptors (Lipinski definition) is 4. The molecule has 0 aliphatic carbocycles. The van der Waals surface area contributed by atoms with Gasteiger partial charge in [-0.2, -0.15) is 0 Å². The number of benzene rings is 1. The monoisotopic (exact) mass is 340 g/mol. The van der Waals surface area contributed by atoms with Crippen molar-refractivity contribution in [2.24, 2.45) is 0 Å². The maximum absolute atomic E-state index is 12.7. The lowest BCUT2D eigenvalue weighted by Gasteiger charge is -2.34. The third kappa shape index (κ3) is 2.78. The number of carbonyl (C=O) groups excluding carboxylic acids is 1. The zero-order valence-corrected chi connectivity index (χ0v) is 14.5. The Labute approximate surface area is 144 Å². The molecule has 0 saturated carbocycles. The summed E-state index contributed by atoms with van der Waals surface area (Å²) in [6, 6.07) is 8.18. The Morgan fingerprint density at radius 3 is 2.79 bits per heavy atom. The number of anilines is 1. The summed E-state index contributed by atoms with van der Waals surface area (Å²) in [4.78, 5) is 24.7. The average Bonchev–Trinajstić information content (AvgIpc) is 3.24. The molecule has 0 spiro atoms. The summed E-state index contributed by atoms with van der Waals surface area (Å²) in [5.41, 5.74) is 3.32. The van der Waals surface area contributed by atoms with Crippen LogP contribution in [0.4, 0.5) is 5.13 Å². The number of para-hydroxylation sites is 1. The van der Waals surface area contributed by atoms with Crippen molar-refractivity contribution in [2.45, 2.75) is 13.3 Å². The van der Waals surface area contributed by atoms with Crippen LogP contribution in [0.2, 0.25) is 0 Å². The van der Waals surface area contributed by atoms with Gasteiger partial charge in [0.2, 0.25) is 5.91 Å². The number of H-pyrrole nitrogens is 1. The van der Waals surface area contributed by atoms with Crippen molar-refractivity contribution < 1.29 is 4.79 Å². The number of aromatic amines is 1. The highest BCUT2D eigenvalue weighted by Gasteiger charge is 2.23. The molecule has 3 heterocycles. The average molecular weight is 340 g/mol. The van der Waals surface area contributed by atoms with Gasteiger partial charge in [-0.25, -0.2) is 4.98 Å². The van der Waals surface area contributed by atoms with Gasteiger partial charge in [0, 0.05) is 54.4 Å². The minimum atomic E-state index is 0.210. The number of fused-ring (bicyclic) bond motifs is 1. The highest BCUT2D eigenvalue weighted by atomic mass is 32.1. The Hall–Kier alpha value is -2.34. The lowest BCUT2D eigenvalue weighted by Crippen LogP contribution is -2.49. The summed E-state index contributed by atoms with van der Waals surface area (Å²) in [6.45, 7) is 5.28. The number of hydrogen-bond donors (Lipinski definition) is 1. The van der Waals surface area contributed by atoms with E-state index in [-0.39, 0.29) is 5.91 Å². The van der Waals surface area contributed by atoms with Crippen LogP contribution in [-0.4, -0.2) is 47.0 Å². The van der Waals surface area contributed by atoms with Gasteiger partial charge in [-0.05, 0) is 18.6 Å². The second-order valence-electron chi connectivity index (χ2n) is 6.13. The Morgan fingerprint density at radius 2 is 2.04 bits per heavy atom. The largest absolute Gasteiger partial charge is 0.358 e. The van der Waals surface area contributed by atoms with E-state index in [2.05, 4.69) is 27.0 Å². The first kappa shape index (κ1) is 15.2. The number of amides is 1. The lowest BCUT2D eigenvalue weighted by atomic mass is 10.1. The highest BCUT2D eigenvalue weighted by molar-refractivity contribution is 7.13. The fourth-order valence-corrected chi connectivity index (χ4v) is 4.04. The number of nitrogens with zero attached hydrogens (tertiary/aromatic N) is 3. The van der Waals surface area contributed by atoms with Crippen LogP contribution in [0.5, 0.6) is 0 Å². The molecule has 24 heavy (non-hydrogen) atoms. The van der Waals surface area contributed by atoms with Gasteiger partial charge >= 0.3 is 0 Å². The number of carbonyl (C=O) groups is 1. The van der Waals surface area contributed by atoms with Crippen LogP contribution < -0.4 is 4.90 Å². The summed E-state index contributed by atoms with van der Waals surface area (Å²) in [5, 5.41) is 4.20. The van der Waals surface area contributed by atoms with Crippen LogP contribution in [0.25, 0.3) is 10.9 Å². The van der Waals surface area contributed by atoms with Crippen LogP contribution in [0.15, 0.2) is 35.8 Å². The molecule has 1 fully saturated rings. The Kier molecular flexibility index (Phi) is 3.98. The number of thiazole rings is 1. The second kappa shape index (κ2) is 6.28. The van der Waals surface area contributed by atoms with Crippen molar-refractivity contribution in [2.75, 3.05) is 31.1 Å². The van der Waals surface area contributed by atoms with E-state index in [9.17, 15) is 4.79 Å². The summed E-state index contributed by atoms with van der Waals surface area (Å²) < 4.78 is 0. The molecule has 1 aliphatic rings. The predicted molar refractivity (Wildman–Crippen MR) is 97.6 cm³/mol. The molecule has 0 unspecified atom stereocenters. The number of piperazine rings is 1. The van der Waals surface area contributed by atoms with Gasteiger partial charge in [-0.15, -0.1) is 11.3 Å². The fourth-order valence-electron chi connectivity index (χ4n) is 3.34. The molecule has 1 aromatic carbocycles. The van der Waals surface area contributed by atoms with Gasteiger partial charge in [0.05, 0.1) is 6.42 Å². The van der Waals surface area contributed by atoms with Crippen LogP contribution in [0.1, 0.15) is 11.3 Å². The summed E-state index contributed by atoms with van der Waals surface area (Å²) in [5.74, 6) is 0.210. The normalized spacial score (nSPS) is 15.2. The third-order valence-corrected chi connectivity index (χ3v) is 5.51. The highest BCUT2D eigenvalue weighted by Crippen LogP contribution is 2.24. The smallest absolute Gasteiger partial charge is 0.227 e. The molecule has 2 aromatic heterocycles. The van der Waals surface area contributed by atoms with Crippen molar-refractivity contribution >= 4 is 33.3 Å². The van der Waals surface area contributed by atoms with E-state index in [1.165, 1.54) is 0 Å². The van der Waals surface area contributed by atoms with E-state index in [0.717, 1.165) is 53.5 Å². The topological polar surface area (TPSA) is 52.2 Å². The molecule has 124 valence electrons. The second-order valence-corrected chi connectivity index (χ2v) is 7.01. The maximum atomic E-state index is 12.7. The molecular formula is C18H20N4OS. The molecular weight excluding hydrogens is 320 g/mol. The molecule has 3 aromatic rings. The molecule has 1 saturated heterocycles. The minimum absolute atomic E-state index is 0.210. The zero-order valence-electron chi connectivity index (χ0n) is 13.7. The van der Waals surface area contributed by atoms with Gasteiger partial charge in [0.15, 0.2) is 5.13 Å². The van der Waals surface area contributed by atoms with Gasteiger partial charge in [0.1, 0.15) is 0 Å². The number of nitrogens with one attached hydrogen (secondary N) is 1. The van der Waals surface area contributed by atoms with Crippen molar-refractivity contribution in [1.29, 1.82) is 0 Å². The van der Waals surface area contributed by atoms with Gasteiger partial charge in [0.25, 0.3) is 0 Å². The molecule has 1 aliphatic heterocycles. The van der Waals surface area contributed by atoms with Crippen LogP contribution >= 0.6 is 11.3 Å². The Balaban J connectivity index is 1.44. The van der Waals surface area contributed by atoms with E-state index in [0.29, 0.717) is 6.42 Å². The standard InChI is InChI=1S/C18H20N4OS/c1-13-15(14-4-2-3-5-16(14)20-13)12-17(23)21-7-9-22(10-8-21)18-19-6-11-24-18/h2-6,11,20H,7-10,12H2,1H3. The third-order valence-electron chi connectivity index (χ3n) is 4.68. The number of rotatable bonds is 3. The molecule has 0 atom stereocenters. The van der Waals surface area contributed by atoms with E-state index in [1.54, 1.807) is 11.3 Å². The van der Waals surface area contributed by atoms with Crippen molar-refractivity contribution in [3.8, 4) is 0 Å². The Morgan fingerprint density at radius 1 is 1.25 bits per heavy atom. The first-order chi connectivity index (χ1) is 11.7. The maximum Gasteiger partial charge on any atom is 0.227 e. The number of aryl methyl sites for hydroxylation is 1. The van der Waals surface area contributed by atoms with E-state index >= 15 is 0 Å². The van der Waals surface area contributed by atoms with E-state index in [1.807, 2.05) is 35.5 Å². The first-order valence-electron chi connectivity index (χ1n) is 8.21. The van der Waals surface area contributed by atoms with Gasteiger partial charge in [-0.3, -0.25) is 4.79 Å². The fraction of sp³-hybridized carbons (Fsp3) is 0.333. The van der Waals surface area contributed by atoms with E-state index in [4.69, 9.17) is 0 Å². The summed E-state index contributed by atoms with van der Waals surface area (Å²) >= 11 is 1.65. The first-order valence-corrected chi connectivity index (χ1v) is 9.09. The summed E-state index contributed by atoms with van der Waals surface area (Å²) in [6.07, 6.45) is 2.30. The molecule has 1 N–H and O–H groups in total. The molecule has 4 rings (SSSR count). The van der Waals surface area contributed by atoms with Crippen LogP contribution in [-0.2, 0) is 11.2 Å². The SMILES string of the molecule is Cc1[nH]c2ccccc2c1CC(=O)N1CCN(c2nccs2)CC1. The van der Waals surface area contributed by atoms with Crippen molar-refractivity contribution in [3.05, 3.63) is 47.1 Å². The van der Waals surface area contributed by atoms with Gasteiger partial charge < -0.3 is 14.8 Å². The van der Waals surface area contributed by atoms with Gasteiger partial charge in [-0.1, -0.05) is 18.2 Å². The van der Waals surface area contributed by atoms with Crippen LogP contribution in [0, 0.1) is 6.92 Å². The molecule has 0 bridgehead atoms. The van der Waals surface area contributed by atoms with Crippen molar-refractivity contribution in [1.82, 2.24) is 14.9 Å². The molecule has 5 nitrogen and oxygen atoms in total. The molecule has 1 amide bonds. The van der Waals surface area contributed by atoms with Crippen LogP contribution in [0.3, 0.4) is 0 Å².